The molecule has 118 valence electrons. The number of amides is 1. The third-order valence-corrected chi connectivity index (χ3v) is 4.82. The molecule has 1 saturated carbocycles. The fourth-order valence-electron chi connectivity index (χ4n) is 3.46. The highest BCUT2D eigenvalue weighted by atomic mass is 16.2. The zero-order valence-electron chi connectivity index (χ0n) is 13.4. The molecule has 0 aromatic carbocycles. The van der Waals surface area contributed by atoms with Crippen LogP contribution in [0.15, 0.2) is 30.6 Å². The number of carbonyl (C=O) groups is 1. The third-order valence-electron chi connectivity index (χ3n) is 4.82. The summed E-state index contributed by atoms with van der Waals surface area (Å²) in [5.74, 6) is 1.05. The van der Waals surface area contributed by atoms with Crippen LogP contribution in [0.25, 0.3) is 5.65 Å². The van der Waals surface area contributed by atoms with Crippen LogP contribution in [0, 0.1) is 5.92 Å². The summed E-state index contributed by atoms with van der Waals surface area (Å²) in [7, 11) is 0. The summed E-state index contributed by atoms with van der Waals surface area (Å²) in [6.45, 7) is 3.45. The minimum Gasteiger partial charge on any atom is -0.337 e. The van der Waals surface area contributed by atoms with Gasteiger partial charge in [-0.05, 0) is 31.4 Å². The van der Waals surface area contributed by atoms with Crippen molar-refractivity contribution in [3.05, 3.63) is 36.3 Å². The average Bonchev–Trinajstić information content (AvgIpc) is 3.20. The van der Waals surface area contributed by atoms with Gasteiger partial charge in [0.1, 0.15) is 5.65 Å². The van der Waals surface area contributed by atoms with Crippen LogP contribution in [-0.4, -0.2) is 26.7 Å². The van der Waals surface area contributed by atoms with Crippen LogP contribution in [-0.2, 0) is 11.3 Å². The fraction of sp³-hybridized carbons (Fsp3) is 0.556. The van der Waals surface area contributed by atoms with Gasteiger partial charge in [-0.15, -0.1) is 0 Å². The Morgan fingerprint density at radius 2 is 2.18 bits per heavy atom. The van der Waals surface area contributed by atoms with E-state index in [2.05, 4.69) is 16.3 Å². The molecule has 1 amide bonds. The second-order valence-corrected chi connectivity index (χ2v) is 6.28. The Morgan fingerprint density at radius 1 is 1.36 bits per heavy atom. The van der Waals surface area contributed by atoms with Gasteiger partial charge in [0.25, 0.3) is 0 Å². The Morgan fingerprint density at radius 3 is 2.95 bits per heavy atom. The number of aromatic nitrogens is 2. The zero-order chi connectivity index (χ0) is 15.4. The number of hydrogen-bond acceptors (Lipinski definition) is 2. The summed E-state index contributed by atoms with van der Waals surface area (Å²) in [5, 5.41) is 0. The first-order valence-electron chi connectivity index (χ1n) is 8.46. The molecule has 2 aromatic heterocycles. The SMILES string of the molecule is CCN(Cc1cnc2ccccn12)C(=O)CCC1CCCC1. The number of hydrogen-bond donors (Lipinski definition) is 0. The molecule has 0 unspecified atom stereocenters. The normalized spacial score (nSPS) is 15.5. The number of carbonyl (C=O) groups excluding carboxylic acids is 1. The first kappa shape index (κ1) is 15.1. The first-order valence-corrected chi connectivity index (χ1v) is 8.46. The van der Waals surface area contributed by atoms with Crippen molar-refractivity contribution in [3.8, 4) is 0 Å². The van der Waals surface area contributed by atoms with E-state index in [0.29, 0.717) is 13.0 Å². The number of rotatable bonds is 6. The van der Waals surface area contributed by atoms with Crippen molar-refractivity contribution in [2.45, 2.75) is 52.0 Å². The molecule has 0 bridgehead atoms. The summed E-state index contributed by atoms with van der Waals surface area (Å²) in [5.41, 5.74) is 2.01. The molecule has 2 heterocycles. The van der Waals surface area contributed by atoms with E-state index in [1.54, 1.807) is 0 Å². The Labute approximate surface area is 132 Å². The van der Waals surface area contributed by atoms with Crippen LogP contribution in [0.2, 0.25) is 0 Å². The van der Waals surface area contributed by atoms with Gasteiger partial charge in [0.05, 0.1) is 18.4 Å². The molecule has 1 aliphatic carbocycles. The van der Waals surface area contributed by atoms with Gasteiger partial charge in [0.2, 0.25) is 5.91 Å². The monoisotopic (exact) mass is 299 g/mol. The largest absolute Gasteiger partial charge is 0.337 e. The van der Waals surface area contributed by atoms with Gasteiger partial charge in [-0.1, -0.05) is 31.7 Å². The fourth-order valence-corrected chi connectivity index (χ4v) is 3.46. The lowest BCUT2D eigenvalue weighted by atomic mass is 10.0. The number of nitrogens with zero attached hydrogens (tertiary/aromatic N) is 3. The van der Waals surface area contributed by atoms with Gasteiger partial charge in [-0.25, -0.2) is 4.98 Å². The van der Waals surface area contributed by atoms with E-state index in [4.69, 9.17) is 0 Å². The lowest BCUT2D eigenvalue weighted by Crippen LogP contribution is -2.30. The summed E-state index contributed by atoms with van der Waals surface area (Å²) in [6, 6.07) is 5.97. The minimum absolute atomic E-state index is 0.278. The van der Waals surface area contributed by atoms with E-state index in [1.165, 1.54) is 25.7 Å². The average molecular weight is 299 g/mol. The van der Waals surface area contributed by atoms with E-state index in [9.17, 15) is 4.79 Å². The van der Waals surface area contributed by atoms with Crippen molar-refractivity contribution in [1.29, 1.82) is 0 Å². The van der Waals surface area contributed by atoms with E-state index in [-0.39, 0.29) is 5.91 Å². The minimum atomic E-state index is 0.278. The molecule has 3 rings (SSSR count). The first-order chi connectivity index (χ1) is 10.8. The molecular formula is C18H25N3O. The van der Waals surface area contributed by atoms with E-state index < -0.39 is 0 Å². The lowest BCUT2D eigenvalue weighted by molar-refractivity contribution is -0.132. The van der Waals surface area contributed by atoms with Crippen molar-refractivity contribution in [2.75, 3.05) is 6.54 Å². The highest BCUT2D eigenvalue weighted by Gasteiger charge is 2.19. The van der Waals surface area contributed by atoms with Crippen molar-refractivity contribution in [3.63, 3.8) is 0 Å². The molecule has 0 radical (unpaired) electrons. The molecule has 0 N–H and O–H groups in total. The van der Waals surface area contributed by atoms with Crippen molar-refractivity contribution in [1.82, 2.24) is 14.3 Å². The molecule has 0 spiro atoms. The Kier molecular flexibility index (Phi) is 4.76. The summed E-state index contributed by atoms with van der Waals surface area (Å²) >= 11 is 0. The number of imidazole rings is 1. The number of fused-ring (bicyclic) bond motifs is 1. The van der Waals surface area contributed by atoms with Gasteiger partial charge in [0, 0.05) is 19.2 Å². The standard InChI is InChI=1S/C18H25N3O/c1-2-20(18(22)11-10-15-7-3-4-8-15)14-16-13-19-17-9-5-6-12-21(16)17/h5-6,9,12-13,15H,2-4,7-8,10-11,14H2,1H3. The third kappa shape index (κ3) is 3.32. The van der Waals surface area contributed by atoms with Crippen LogP contribution < -0.4 is 0 Å². The van der Waals surface area contributed by atoms with Crippen molar-refractivity contribution in [2.24, 2.45) is 5.92 Å². The van der Waals surface area contributed by atoms with Crippen LogP contribution in [0.3, 0.4) is 0 Å². The lowest BCUT2D eigenvalue weighted by Gasteiger charge is -2.21. The Bertz CT molecular complexity index is 628. The van der Waals surface area contributed by atoms with E-state index in [0.717, 1.165) is 30.2 Å². The number of pyridine rings is 1. The molecule has 22 heavy (non-hydrogen) atoms. The van der Waals surface area contributed by atoms with E-state index in [1.807, 2.05) is 35.5 Å². The smallest absolute Gasteiger partial charge is 0.222 e. The van der Waals surface area contributed by atoms with Gasteiger partial charge in [0.15, 0.2) is 0 Å². The maximum Gasteiger partial charge on any atom is 0.222 e. The van der Waals surface area contributed by atoms with Crippen LogP contribution in [0.1, 0.15) is 51.1 Å². The van der Waals surface area contributed by atoms with Gasteiger partial charge in [-0.2, -0.15) is 0 Å². The molecule has 0 saturated heterocycles. The van der Waals surface area contributed by atoms with Crippen LogP contribution in [0.4, 0.5) is 0 Å². The summed E-state index contributed by atoms with van der Waals surface area (Å²) < 4.78 is 2.06. The highest BCUT2D eigenvalue weighted by molar-refractivity contribution is 5.76. The summed E-state index contributed by atoms with van der Waals surface area (Å²) in [6.07, 6.45) is 10.9. The second-order valence-electron chi connectivity index (χ2n) is 6.28. The molecule has 1 fully saturated rings. The molecular weight excluding hydrogens is 274 g/mol. The van der Waals surface area contributed by atoms with Gasteiger partial charge < -0.3 is 9.30 Å². The molecule has 1 aliphatic rings. The molecule has 4 heteroatoms. The van der Waals surface area contributed by atoms with Crippen LogP contribution in [0.5, 0.6) is 0 Å². The topological polar surface area (TPSA) is 37.6 Å². The van der Waals surface area contributed by atoms with Crippen molar-refractivity contribution >= 4 is 11.6 Å². The molecule has 0 atom stereocenters. The predicted octanol–water partition coefficient (Wildman–Crippen LogP) is 3.65. The Balaban J connectivity index is 1.62. The van der Waals surface area contributed by atoms with Gasteiger partial charge >= 0.3 is 0 Å². The molecule has 2 aromatic rings. The van der Waals surface area contributed by atoms with Crippen LogP contribution >= 0.6 is 0 Å². The highest BCUT2D eigenvalue weighted by Crippen LogP contribution is 2.28. The maximum absolute atomic E-state index is 12.5. The second kappa shape index (κ2) is 6.95. The van der Waals surface area contributed by atoms with Gasteiger partial charge in [-0.3, -0.25) is 4.79 Å². The summed E-state index contributed by atoms with van der Waals surface area (Å²) in [4.78, 5) is 18.8. The molecule has 0 aliphatic heterocycles. The molecule has 4 nitrogen and oxygen atoms in total. The van der Waals surface area contributed by atoms with Crippen molar-refractivity contribution < 1.29 is 4.79 Å². The van der Waals surface area contributed by atoms with E-state index >= 15 is 0 Å². The quantitative estimate of drug-likeness (QED) is 0.816. The maximum atomic E-state index is 12.5. The zero-order valence-corrected chi connectivity index (χ0v) is 13.4. The Hall–Kier alpha value is -1.84. The predicted molar refractivity (Wildman–Crippen MR) is 87.5 cm³/mol.